The lowest BCUT2D eigenvalue weighted by Crippen LogP contribution is -2.29. The van der Waals surface area contributed by atoms with Crippen LogP contribution < -0.4 is 4.90 Å². The van der Waals surface area contributed by atoms with Gasteiger partial charge in [0.2, 0.25) is 10.7 Å². The van der Waals surface area contributed by atoms with E-state index in [1.165, 1.54) is 25.7 Å². The number of hydrogen-bond acceptors (Lipinski definition) is 3. The minimum Gasteiger partial charge on any atom is -0.338 e. The molecular weight excluding hydrogens is 268 g/mol. The van der Waals surface area contributed by atoms with Gasteiger partial charge in [-0.3, -0.25) is 4.57 Å². The number of anilines is 1. The Morgan fingerprint density at radius 2 is 2.10 bits per heavy atom. The number of unbranched alkanes of at least 4 members (excludes halogenated alkanes) is 1. The van der Waals surface area contributed by atoms with Crippen molar-refractivity contribution in [1.29, 1.82) is 0 Å². The van der Waals surface area contributed by atoms with Gasteiger partial charge in [0.15, 0.2) is 0 Å². The predicted molar refractivity (Wildman–Crippen MR) is 84.0 cm³/mol. The van der Waals surface area contributed by atoms with E-state index in [0.29, 0.717) is 10.8 Å². The maximum absolute atomic E-state index is 5.41. The standard InChI is InChI=1S/C15H20N4S/c1-2-3-11-18(12-9-10-12)14-16-17-15(20)19(14)13-7-5-4-6-8-13/h4-8,12H,2-3,9-11H2,1H3,(H,17,20). The second kappa shape index (κ2) is 5.79. The van der Waals surface area contributed by atoms with E-state index < -0.39 is 0 Å². The molecular formula is C15H20N4S. The Labute approximate surface area is 124 Å². The average Bonchev–Trinajstić information content (AvgIpc) is 3.24. The van der Waals surface area contributed by atoms with Gasteiger partial charge in [-0.15, -0.1) is 5.10 Å². The summed E-state index contributed by atoms with van der Waals surface area (Å²) in [6.07, 6.45) is 4.90. The number of H-pyrrole nitrogens is 1. The van der Waals surface area contributed by atoms with Crippen molar-refractivity contribution < 1.29 is 0 Å². The highest BCUT2D eigenvalue weighted by molar-refractivity contribution is 7.71. The van der Waals surface area contributed by atoms with E-state index >= 15 is 0 Å². The first-order chi connectivity index (χ1) is 9.81. The topological polar surface area (TPSA) is 36.9 Å². The lowest BCUT2D eigenvalue weighted by molar-refractivity contribution is 0.687. The minimum atomic E-state index is 0.634. The second-order valence-corrected chi connectivity index (χ2v) is 5.66. The zero-order chi connectivity index (χ0) is 13.9. The van der Waals surface area contributed by atoms with Crippen molar-refractivity contribution in [2.45, 2.75) is 38.6 Å². The molecule has 1 fully saturated rings. The Kier molecular flexibility index (Phi) is 3.87. The molecule has 1 heterocycles. The maximum Gasteiger partial charge on any atom is 0.230 e. The van der Waals surface area contributed by atoms with E-state index in [1.54, 1.807) is 0 Å². The number of benzene rings is 1. The first-order valence-corrected chi connectivity index (χ1v) is 7.71. The van der Waals surface area contributed by atoms with Crippen LogP contribution in [0.3, 0.4) is 0 Å². The average molecular weight is 288 g/mol. The summed E-state index contributed by atoms with van der Waals surface area (Å²) < 4.78 is 2.71. The number of hydrogen-bond donors (Lipinski definition) is 1. The van der Waals surface area contributed by atoms with E-state index in [2.05, 4.69) is 34.2 Å². The fourth-order valence-corrected chi connectivity index (χ4v) is 2.68. The summed E-state index contributed by atoms with van der Waals surface area (Å²) in [5, 5.41) is 7.43. The zero-order valence-corrected chi connectivity index (χ0v) is 12.6. The maximum atomic E-state index is 5.41. The molecule has 0 aliphatic heterocycles. The highest BCUT2D eigenvalue weighted by atomic mass is 32.1. The smallest absolute Gasteiger partial charge is 0.230 e. The van der Waals surface area contributed by atoms with E-state index in [0.717, 1.165) is 18.2 Å². The fraction of sp³-hybridized carbons (Fsp3) is 0.467. The van der Waals surface area contributed by atoms with Gasteiger partial charge in [0.1, 0.15) is 0 Å². The van der Waals surface area contributed by atoms with Crippen LogP contribution in [0.4, 0.5) is 5.95 Å². The molecule has 0 spiro atoms. The summed E-state index contributed by atoms with van der Waals surface area (Å²) >= 11 is 5.41. The van der Waals surface area contributed by atoms with Gasteiger partial charge in [0, 0.05) is 12.6 Å². The zero-order valence-electron chi connectivity index (χ0n) is 11.7. The highest BCUT2D eigenvalue weighted by Crippen LogP contribution is 2.32. The van der Waals surface area contributed by atoms with Crippen molar-refractivity contribution in [3.8, 4) is 5.69 Å². The lowest BCUT2D eigenvalue weighted by Gasteiger charge is -2.23. The number of aromatic amines is 1. The normalized spacial score (nSPS) is 14.4. The van der Waals surface area contributed by atoms with Crippen LogP contribution in [0.1, 0.15) is 32.6 Å². The molecule has 20 heavy (non-hydrogen) atoms. The molecule has 0 saturated heterocycles. The van der Waals surface area contributed by atoms with Gasteiger partial charge >= 0.3 is 0 Å². The van der Waals surface area contributed by atoms with Crippen molar-refractivity contribution >= 4 is 18.2 Å². The summed E-state index contributed by atoms with van der Waals surface area (Å²) in [4.78, 5) is 2.41. The molecule has 2 aromatic rings. The van der Waals surface area contributed by atoms with Crippen LogP contribution in [0.2, 0.25) is 0 Å². The number of para-hydroxylation sites is 1. The van der Waals surface area contributed by atoms with Crippen LogP contribution in [0, 0.1) is 4.77 Å². The van der Waals surface area contributed by atoms with Crippen molar-refractivity contribution in [2.24, 2.45) is 0 Å². The summed E-state index contributed by atoms with van der Waals surface area (Å²) in [5.74, 6) is 0.956. The lowest BCUT2D eigenvalue weighted by atomic mass is 10.3. The van der Waals surface area contributed by atoms with Crippen molar-refractivity contribution in [3.63, 3.8) is 0 Å². The Bertz CT molecular complexity index is 612. The minimum absolute atomic E-state index is 0.634. The van der Waals surface area contributed by atoms with Crippen LogP contribution in [0.25, 0.3) is 5.69 Å². The number of nitrogens with zero attached hydrogens (tertiary/aromatic N) is 3. The van der Waals surface area contributed by atoms with Crippen LogP contribution in [0.5, 0.6) is 0 Å². The van der Waals surface area contributed by atoms with Gasteiger partial charge in [0.05, 0.1) is 5.69 Å². The monoisotopic (exact) mass is 288 g/mol. The third-order valence-corrected chi connectivity index (χ3v) is 3.94. The molecule has 1 saturated carbocycles. The van der Waals surface area contributed by atoms with Crippen molar-refractivity contribution in [2.75, 3.05) is 11.4 Å². The molecule has 0 atom stereocenters. The third kappa shape index (κ3) is 2.63. The third-order valence-electron chi connectivity index (χ3n) is 3.67. The number of nitrogens with one attached hydrogen (secondary N) is 1. The molecule has 0 bridgehead atoms. The van der Waals surface area contributed by atoms with E-state index in [9.17, 15) is 0 Å². The second-order valence-electron chi connectivity index (χ2n) is 5.28. The van der Waals surface area contributed by atoms with Crippen molar-refractivity contribution in [1.82, 2.24) is 14.8 Å². The van der Waals surface area contributed by atoms with Gasteiger partial charge in [-0.2, -0.15) is 0 Å². The Balaban J connectivity index is 1.99. The number of rotatable bonds is 6. The van der Waals surface area contributed by atoms with Crippen LogP contribution in [-0.4, -0.2) is 27.4 Å². The molecule has 1 aliphatic carbocycles. The molecule has 3 rings (SSSR count). The molecule has 5 heteroatoms. The van der Waals surface area contributed by atoms with Crippen LogP contribution in [-0.2, 0) is 0 Å². The molecule has 0 radical (unpaired) electrons. The summed E-state index contributed by atoms with van der Waals surface area (Å²) in [7, 11) is 0. The Morgan fingerprint density at radius 3 is 2.75 bits per heavy atom. The van der Waals surface area contributed by atoms with Crippen LogP contribution >= 0.6 is 12.2 Å². The van der Waals surface area contributed by atoms with Gasteiger partial charge in [-0.1, -0.05) is 31.5 Å². The van der Waals surface area contributed by atoms with Gasteiger partial charge in [-0.05, 0) is 43.6 Å². The van der Waals surface area contributed by atoms with Gasteiger partial charge < -0.3 is 4.90 Å². The first-order valence-electron chi connectivity index (χ1n) is 7.30. The molecule has 4 nitrogen and oxygen atoms in total. The highest BCUT2D eigenvalue weighted by Gasteiger charge is 2.31. The molecule has 1 aliphatic rings. The molecule has 1 aromatic heterocycles. The molecule has 0 amide bonds. The Hall–Kier alpha value is -1.62. The van der Waals surface area contributed by atoms with Crippen LogP contribution in [0.15, 0.2) is 30.3 Å². The predicted octanol–water partition coefficient (Wildman–Crippen LogP) is 3.70. The van der Waals surface area contributed by atoms with E-state index in [1.807, 2.05) is 22.8 Å². The molecule has 1 aromatic carbocycles. The summed E-state index contributed by atoms with van der Waals surface area (Å²) in [6, 6.07) is 10.8. The SMILES string of the molecule is CCCCN(c1n[nH]c(=S)n1-c1ccccc1)C1CC1. The van der Waals surface area contributed by atoms with Gasteiger partial charge in [0.25, 0.3) is 0 Å². The Morgan fingerprint density at radius 1 is 1.35 bits per heavy atom. The van der Waals surface area contributed by atoms with Crippen molar-refractivity contribution in [3.05, 3.63) is 35.1 Å². The summed E-state index contributed by atoms with van der Waals surface area (Å²) in [6.45, 7) is 3.27. The largest absolute Gasteiger partial charge is 0.338 e. The van der Waals surface area contributed by atoms with E-state index in [-0.39, 0.29) is 0 Å². The molecule has 1 N–H and O–H groups in total. The fourth-order valence-electron chi connectivity index (χ4n) is 2.45. The molecule has 0 unspecified atom stereocenters. The van der Waals surface area contributed by atoms with Gasteiger partial charge in [-0.25, -0.2) is 5.10 Å². The summed E-state index contributed by atoms with van der Waals surface area (Å²) in [5.41, 5.74) is 1.07. The first kappa shape index (κ1) is 13.4. The quantitative estimate of drug-likeness (QED) is 0.823. The molecule has 106 valence electrons. The van der Waals surface area contributed by atoms with E-state index in [4.69, 9.17) is 12.2 Å². The number of aromatic nitrogens is 3.